The van der Waals surface area contributed by atoms with Crippen molar-refractivity contribution in [2.45, 2.75) is 19.9 Å². The molecular formula is C19H19N3O3. The van der Waals surface area contributed by atoms with Crippen LogP contribution >= 0.6 is 0 Å². The minimum atomic E-state index is -0.399. The lowest BCUT2D eigenvalue weighted by atomic mass is 10.2. The van der Waals surface area contributed by atoms with Crippen molar-refractivity contribution in [2.24, 2.45) is 0 Å². The predicted molar refractivity (Wildman–Crippen MR) is 93.2 cm³/mol. The number of benzene rings is 2. The predicted octanol–water partition coefficient (Wildman–Crippen LogP) is 3.63. The van der Waals surface area contributed by atoms with Crippen LogP contribution in [0.1, 0.15) is 36.1 Å². The molecule has 0 bridgehead atoms. The Bertz CT molecular complexity index is 829. The van der Waals surface area contributed by atoms with E-state index < -0.39 is 6.04 Å². The number of carbonyl (C=O) groups excluding carboxylic acids is 1. The van der Waals surface area contributed by atoms with E-state index in [4.69, 9.17) is 9.26 Å². The Morgan fingerprint density at radius 2 is 1.88 bits per heavy atom. The molecule has 1 aromatic heterocycles. The third-order valence-electron chi connectivity index (χ3n) is 3.62. The van der Waals surface area contributed by atoms with Gasteiger partial charge in [-0.25, -0.2) is 0 Å². The normalized spacial score (nSPS) is 11.8. The lowest BCUT2D eigenvalue weighted by Gasteiger charge is -2.10. The summed E-state index contributed by atoms with van der Waals surface area (Å²) in [6.07, 6.45) is 0. The first-order chi connectivity index (χ1) is 12.2. The molecule has 0 fully saturated rings. The van der Waals surface area contributed by atoms with Crippen LogP contribution in [0.4, 0.5) is 0 Å². The van der Waals surface area contributed by atoms with Gasteiger partial charge in [-0.2, -0.15) is 4.98 Å². The number of hydrogen-bond donors (Lipinski definition) is 1. The average molecular weight is 337 g/mol. The molecule has 25 heavy (non-hydrogen) atoms. The van der Waals surface area contributed by atoms with Crippen LogP contribution < -0.4 is 10.1 Å². The highest BCUT2D eigenvalue weighted by Crippen LogP contribution is 2.19. The van der Waals surface area contributed by atoms with E-state index in [2.05, 4.69) is 15.5 Å². The minimum absolute atomic E-state index is 0.213. The van der Waals surface area contributed by atoms with Crippen LogP contribution in [0.2, 0.25) is 0 Å². The third-order valence-corrected chi connectivity index (χ3v) is 3.62. The summed E-state index contributed by atoms with van der Waals surface area (Å²) in [5.74, 6) is 1.38. The number of nitrogens with zero attached hydrogens (tertiary/aromatic N) is 2. The molecule has 0 aliphatic rings. The van der Waals surface area contributed by atoms with Crippen molar-refractivity contribution in [1.82, 2.24) is 15.5 Å². The number of aromatic nitrogens is 2. The van der Waals surface area contributed by atoms with Crippen LogP contribution in [0.25, 0.3) is 11.4 Å². The molecule has 0 saturated carbocycles. The fourth-order valence-corrected chi connectivity index (χ4v) is 2.33. The molecule has 6 nitrogen and oxygen atoms in total. The van der Waals surface area contributed by atoms with Gasteiger partial charge in [0.05, 0.1) is 6.61 Å². The second-order valence-corrected chi connectivity index (χ2v) is 5.47. The van der Waals surface area contributed by atoms with Gasteiger partial charge in [0.2, 0.25) is 11.7 Å². The second-order valence-electron chi connectivity index (χ2n) is 5.47. The molecule has 0 spiro atoms. The van der Waals surface area contributed by atoms with E-state index in [0.29, 0.717) is 23.9 Å². The standard InChI is InChI=1S/C19H19N3O3/c1-3-24-16-11-9-15(10-12-16)18(23)20-13(2)19-21-17(22-25-19)14-7-5-4-6-8-14/h4-13H,3H2,1-2H3,(H,20,23). The maximum atomic E-state index is 12.3. The van der Waals surface area contributed by atoms with Crippen LogP contribution in [0.3, 0.4) is 0 Å². The Labute approximate surface area is 145 Å². The number of rotatable bonds is 6. The quantitative estimate of drug-likeness (QED) is 0.743. The third kappa shape index (κ3) is 4.03. The van der Waals surface area contributed by atoms with E-state index in [0.717, 1.165) is 11.3 Å². The van der Waals surface area contributed by atoms with Crippen LogP contribution in [0.15, 0.2) is 59.1 Å². The van der Waals surface area contributed by atoms with E-state index in [1.807, 2.05) is 37.3 Å². The summed E-state index contributed by atoms with van der Waals surface area (Å²) in [4.78, 5) is 16.7. The van der Waals surface area contributed by atoms with Gasteiger partial charge < -0.3 is 14.6 Å². The smallest absolute Gasteiger partial charge is 0.251 e. The van der Waals surface area contributed by atoms with Crippen LogP contribution in [-0.2, 0) is 0 Å². The molecule has 6 heteroatoms. The van der Waals surface area contributed by atoms with Gasteiger partial charge >= 0.3 is 0 Å². The first-order valence-electron chi connectivity index (χ1n) is 8.10. The molecule has 1 unspecified atom stereocenters. The summed E-state index contributed by atoms with van der Waals surface area (Å²) >= 11 is 0. The molecule has 2 aromatic carbocycles. The van der Waals surface area contributed by atoms with E-state index >= 15 is 0 Å². The number of nitrogens with one attached hydrogen (secondary N) is 1. The van der Waals surface area contributed by atoms with E-state index in [9.17, 15) is 4.79 Å². The number of carbonyl (C=O) groups is 1. The molecular weight excluding hydrogens is 318 g/mol. The Hall–Kier alpha value is -3.15. The van der Waals surface area contributed by atoms with Crippen molar-refractivity contribution in [3.63, 3.8) is 0 Å². The largest absolute Gasteiger partial charge is 0.494 e. The van der Waals surface area contributed by atoms with E-state index in [1.165, 1.54) is 0 Å². The summed E-state index contributed by atoms with van der Waals surface area (Å²) < 4.78 is 10.6. The molecule has 0 saturated heterocycles. The molecule has 0 radical (unpaired) electrons. The number of ether oxygens (including phenoxy) is 1. The maximum absolute atomic E-state index is 12.3. The van der Waals surface area contributed by atoms with Crippen LogP contribution in [0, 0.1) is 0 Å². The summed E-state index contributed by atoms with van der Waals surface area (Å²) in [7, 11) is 0. The first kappa shape index (κ1) is 16.7. The molecule has 1 heterocycles. The zero-order chi connectivity index (χ0) is 17.6. The van der Waals surface area contributed by atoms with Gasteiger partial charge in [-0.1, -0.05) is 35.5 Å². The highest BCUT2D eigenvalue weighted by atomic mass is 16.5. The van der Waals surface area contributed by atoms with E-state index in [-0.39, 0.29) is 5.91 Å². The molecule has 0 aliphatic carbocycles. The molecule has 3 rings (SSSR count). The van der Waals surface area contributed by atoms with Crippen LogP contribution in [-0.4, -0.2) is 22.7 Å². The number of amides is 1. The Morgan fingerprint density at radius 1 is 1.16 bits per heavy atom. The van der Waals surface area contributed by atoms with Gasteiger partial charge in [0.25, 0.3) is 5.91 Å². The fraction of sp³-hybridized carbons (Fsp3) is 0.211. The second kappa shape index (κ2) is 7.61. The highest BCUT2D eigenvalue weighted by Gasteiger charge is 2.18. The lowest BCUT2D eigenvalue weighted by Crippen LogP contribution is -2.26. The summed E-state index contributed by atoms with van der Waals surface area (Å²) in [6, 6.07) is 16.1. The molecule has 1 atom stereocenters. The maximum Gasteiger partial charge on any atom is 0.251 e. The first-order valence-corrected chi connectivity index (χ1v) is 8.10. The molecule has 3 aromatic rings. The van der Waals surface area contributed by atoms with Crippen molar-refractivity contribution >= 4 is 5.91 Å². The van der Waals surface area contributed by atoms with Crippen molar-refractivity contribution in [2.75, 3.05) is 6.61 Å². The SMILES string of the molecule is CCOc1ccc(C(=O)NC(C)c2nc(-c3ccccc3)no2)cc1. The van der Waals surface area contributed by atoms with Crippen molar-refractivity contribution in [1.29, 1.82) is 0 Å². The number of hydrogen-bond acceptors (Lipinski definition) is 5. The van der Waals surface area contributed by atoms with Gasteiger partial charge in [0, 0.05) is 11.1 Å². The summed E-state index contributed by atoms with van der Waals surface area (Å²) in [5, 5.41) is 6.82. The van der Waals surface area contributed by atoms with Gasteiger partial charge in [-0.3, -0.25) is 4.79 Å². The molecule has 1 amide bonds. The topological polar surface area (TPSA) is 77.2 Å². The van der Waals surface area contributed by atoms with Gasteiger partial charge in [-0.15, -0.1) is 0 Å². The fourth-order valence-electron chi connectivity index (χ4n) is 2.33. The Balaban J connectivity index is 1.66. The lowest BCUT2D eigenvalue weighted by molar-refractivity contribution is 0.0932. The van der Waals surface area contributed by atoms with E-state index in [1.54, 1.807) is 31.2 Å². The monoisotopic (exact) mass is 337 g/mol. The van der Waals surface area contributed by atoms with Gasteiger partial charge in [0.15, 0.2) is 0 Å². The summed E-state index contributed by atoms with van der Waals surface area (Å²) in [5.41, 5.74) is 1.40. The van der Waals surface area contributed by atoms with Gasteiger partial charge in [0.1, 0.15) is 11.8 Å². The molecule has 0 aliphatic heterocycles. The van der Waals surface area contributed by atoms with Crippen LogP contribution in [0.5, 0.6) is 5.75 Å². The molecule has 1 N–H and O–H groups in total. The van der Waals surface area contributed by atoms with Gasteiger partial charge in [-0.05, 0) is 38.1 Å². The summed E-state index contributed by atoms with van der Waals surface area (Å²) in [6.45, 7) is 4.30. The van der Waals surface area contributed by atoms with Crippen molar-refractivity contribution < 1.29 is 14.1 Å². The average Bonchev–Trinajstić information content (AvgIpc) is 3.13. The Kier molecular flexibility index (Phi) is 5.09. The Morgan fingerprint density at radius 3 is 2.56 bits per heavy atom. The minimum Gasteiger partial charge on any atom is -0.494 e. The van der Waals surface area contributed by atoms with Crippen molar-refractivity contribution in [3.8, 4) is 17.1 Å². The zero-order valence-corrected chi connectivity index (χ0v) is 14.1. The highest BCUT2D eigenvalue weighted by molar-refractivity contribution is 5.94. The molecule has 128 valence electrons. The van der Waals surface area contributed by atoms with Crippen molar-refractivity contribution in [3.05, 3.63) is 66.1 Å². The zero-order valence-electron chi connectivity index (χ0n) is 14.1.